The number of nitrogens with one attached hydrogen (secondary N) is 1. The molecule has 0 atom stereocenters. The van der Waals surface area contributed by atoms with Gasteiger partial charge in [-0.25, -0.2) is 19.7 Å². The molecule has 3 aromatic rings. The minimum atomic E-state index is -0.558. The lowest BCUT2D eigenvalue weighted by Crippen LogP contribution is -2.32. The molecule has 0 radical (unpaired) electrons. The number of carbonyl (C=O) groups is 1. The highest BCUT2D eigenvalue weighted by atomic mass is 35.5. The van der Waals surface area contributed by atoms with Crippen LogP contribution in [0.15, 0.2) is 30.7 Å². The maximum Gasteiger partial charge on any atom is 0.414 e. The van der Waals surface area contributed by atoms with Crippen molar-refractivity contribution in [3.8, 4) is 11.3 Å². The van der Waals surface area contributed by atoms with Crippen molar-refractivity contribution < 1.29 is 9.53 Å². The van der Waals surface area contributed by atoms with Gasteiger partial charge in [0.05, 0.1) is 23.0 Å². The highest BCUT2D eigenvalue weighted by Crippen LogP contribution is 2.32. The number of hydrogen-bond acceptors (Lipinski definition) is 7. The lowest BCUT2D eigenvalue weighted by Gasteiger charge is -2.29. The van der Waals surface area contributed by atoms with Crippen molar-refractivity contribution in [2.75, 3.05) is 23.4 Å². The summed E-state index contributed by atoms with van der Waals surface area (Å²) in [6.07, 6.45) is 5.40. The lowest BCUT2D eigenvalue weighted by atomic mass is 10.0. The average Bonchev–Trinajstić information content (AvgIpc) is 2.74. The fraction of sp³-hybridized carbons (Fsp3) is 0.318. The van der Waals surface area contributed by atoms with Crippen molar-refractivity contribution >= 4 is 29.5 Å². The Kier molecular flexibility index (Phi) is 5.99. The van der Waals surface area contributed by atoms with Crippen LogP contribution in [-0.2, 0) is 17.7 Å². The Morgan fingerprint density at radius 1 is 1.19 bits per heavy atom. The first-order chi connectivity index (χ1) is 14.9. The van der Waals surface area contributed by atoms with Gasteiger partial charge in [-0.05, 0) is 38.0 Å². The lowest BCUT2D eigenvalue weighted by molar-refractivity contribution is 0.167. The number of anilines is 2. The summed E-state index contributed by atoms with van der Waals surface area (Å²) in [6, 6.07) is 4.07. The van der Waals surface area contributed by atoms with E-state index >= 15 is 0 Å². The summed E-state index contributed by atoms with van der Waals surface area (Å²) in [6.45, 7) is 7.43. The van der Waals surface area contributed by atoms with Crippen LogP contribution in [0.2, 0.25) is 5.02 Å². The molecule has 0 aromatic carbocycles. The summed E-state index contributed by atoms with van der Waals surface area (Å²) in [5.41, 5.74) is 5.79. The number of hydrogen-bond donors (Lipinski definition) is 1. The number of aromatic nitrogens is 4. The van der Waals surface area contributed by atoms with Crippen LogP contribution in [-0.4, -0.2) is 39.2 Å². The number of fused-ring (bicyclic) bond motifs is 1. The van der Waals surface area contributed by atoms with Crippen LogP contribution in [0.4, 0.5) is 16.6 Å². The molecule has 9 heteroatoms. The van der Waals surface area contributed by atoms with Gasteiger partial charge in [0, 0.05) is 49.2 Å². The van der Waals surface area contributed by atoms with Gasteiger partial charge in [0.25, 0.3) is 0 Å². The molecule has 0 unspecified atom stereocenters. The normalized spacial score (nSPS) is 13.0. The zero-order valence-electron chi connectivity index (χ0n) is 17.6. The molecule has 160 valence electrons. The molecule has 0 fully saturated rings. The third-order valence-electron chi connectivity index (χ3n) is 5.06. The van der Waals surface area contributed by atoms with Gasteiger partial charge in [0.1, 0.15) is 5.82 Å². The highest BCUT2D eigenvalue weighted by Gasteiger charge is 2.21. The van der Waals surface area contributed by atoms with E-state index in [2.05, 4.69) is 36.2 Å². The van der Waals surface area contributed by atoms with Crippen molar-refractivity contribution in [1.82, 2.24) is 19.9 Å². The van der Waals surface area contributed by atoms with Crippen molar-refractivity contribution in [3.05, 3.63) is 58.1 Å². The van der Waals surface area contributed by atoms with E-state index in [9.17, 15) is 4.79 Å². The van der Waals surface area contributed by atoms with Gasteiger partial charge in [0.2, 0.25) is 5.95 Å². The van der Waals surface area contributed by atoms with E-state index in [1.807, 2.05) is 26.1 Å². The molecular formula is C22H23ClN6O2. The summed E-state index contributed by atoms with van der Waals surface area (Å²) < 4.78 is 4.87. The second-order valence-electron chi connectivity index (χ2n) is 7.38. The third-order valence-corrected chi connectivity index (χ3v) is 5.36. The van der Waals surface area contributed by atoms with Crippen molar-refractivity contribution in [3.63, 3.8) is 0 Å². The molecule has 1 amide bonds. The first-order valence-electron chi connectivity index (χ1n) is 10.1. The predicted molar refractivity (Wildman–Crippen MR) is 119 cm³/mol. The van der Waals surface area contributed by atoms with Crippen molar-refractivity contribution in [1.29, 1.82) is 0 Å². The van der Waals surface area contributed by atoms with Crippen molar-refractivity contribution in [2.24, 2.45) is 0 Å². The van der Waals surface area contributed by atoms with Crippen LogP contribution in [0.1, 0.15) is 29.3 Å². The Morgan fingerprint density at radius 3 is 2.81 bits per heavy atom. The van der Waals surface area contributed by atoms with Crippen LogP contribution in [0.25, 0.3) is 11.3 Å². The van der Waals surface area contributed by atoms with Crippen LogP contribution in [0, 0.1) is 13.8 Å². The Labute approximate surface area is 185 Å². The highest BCUT2D eigenvalue weighted by molar-refractivity contribution is 6.33. The monoisotopic (exact) mass is 438 g/mol. The van der Waals surface area contributed by atoms with Gasteiger partial charge in [0.15, 0.2) is 0 Å². The quantitative estimate of drug-likeness (QED) is 0.647. The first-order valence-corrected chi connectivity index (χ1v) is 10.4. The summed E-state index contributed by atoms with van der Waals surface area (Å²) in [7, 11) is 0. The molecule has 0 saturated carbocycles. The zero-order valence-corrected chi connectivity index (χ0v) is 18.4. The molecule has 3 aromatic heterocycles. The van der Waals surface area contributed by atoms with Gasteiger partial charge in [-0.1, -0.05) is 17.7 Å². The van der Waals surface area contributed by atoms with Crippen LogP contribution < -0.4 is 10.2 Å². The largest absolute Gasteiger partial charge is 0.450 e. The standard InChI is InChI=1S/C22H23ClN6O2/c1-4-31-22(30)28-21-26-10-15-12-29(6-5-18(15)27-21)19-8-16(17(23)11-24-19)20-14(3)7-13(2)9-25-20/h7-11H,4-6,12H2,1-3H3,(H,26,27,28,30). The van der Waals surface area contributed by atoms with Crippen LogP contribution in [0.3, 0.4) is 0 Å². The minimum absolute atomic E-state index is 0.249. The molecule has 1 aliphatic heterocycles. The van der Waals surface area contributed by atoms with Gasteiger partial charge in [-0.2, -0.15) is 0 Å². The molecule has 4 rings (SSSR count). The fourth-order valence-corrected chi connectivity index (χ4v) is 3.80. The van der Waals surface area contributed by atoms with Crippen molar-refractivity contribution in [2.45, 2.75) is 33.7 Å². The zero-order chi connectivity index (χ0) is 22.0. The Balaban J connectivity index is 1.56. The van der Waals surface area contributed by atoms with E-state index in [0.29, 0.717) is 24.6 Å². The fourth-order valence-electron chi connectivity index (χ4n) is 3.61. The number of carbonyl (C=O) groups excluding carboxylic acids is 1. The van der Waals surface area contributed by atoms with Gasteiger partial charge < -0.3 is 9.64 Å². The molecular weight excluding hydrogens is 416 g/mol. The SMILES string of the molecule is CCOC(=O)Nc1ncc2c(n1)CCN(c1cc(-c3ncc(C)cc3C)c(Cl)cn1)C2. The van der Waals surface area contributed by atoms with E-state index in [4.69, 9.17) is 16.3 Å². The second-order valence-corrected chi connectivity index (χ2v) is 7.79. The van der Waals surface area contributed by atoms with E-state index in [0.717, 1.165) is 46.0 Å². The molecule has 0 saturated heterocycles. The van der Waals surface area contributed by atoms with Gasteiger partial charge >= 0.3 is 6.09 Å². The molecule has 0 spiro atoms. The minimum Gasteiger partial charge on any atom is -0.450 e. The predicted octanol–water partition coefficient (Wildman–Crippen LogP) is 4.33. The van der Waals surface area contributed by atoms with Gasteiger partial charge in [-0.15, -0.1) is 0 Å². The summed E-state index contributed by atoms with van der Waals surface area (Å²) in [5, 5.41) is 3.11. The number of halogens is 1. The second kappa shape index (κ2) is 8.85. The number of rotatable bonds is 4. The summed E-state index contributed by atoms with van der Waals surface area (Å²) in [5.74, 6) is 1.07. The van der Waals surface area contributed by atoms with Gasteiger partial charge in [-0.3, -0.25) is 10.3 Å². The smallest absolute Gasteiger partial charge is 0.414 e. The maximum absolute atomic E-state index is 11.6. The summed E-state index contributed by atoms with van der Waals surface area (Å²) >= 11 is 6.46. The van der Waals surface area contributed by atoms with E-state index < -0.39 is 6.09 Å². The molecule has 4 heterocycles. The van der Waals surface area contributed by atoms with E-state index in [-0.39, 0.29) is 5.95 Å². The topological polar surface area (TPSA) is 93.1 Å². The van der Waals surface area contributed by atoms with Crippen LogP contribution in [0.5, 0.6) is 0 Å². The van der Waals surface area contributed by atoms with Crippen LogP contribution >= 0.6 is 11.6 Å². The Hall–Kier alpha value is -3.26. The first kappa shape index (κ1) is 21.0. The number of pyridine rings is 2. The molecule has 8 nitrogen and oxygen atoms in total. The molecule has 31 heavy (non-hydrogen) atoms. The van der Waals surface area contributed by atoms with E-state index in [1.165, 1.54) is 0 Å². The number of nitrogens with zero attached hydrogens (tertiary/aromatic N) is 5. The number of ether oxygens (including phenoxy) is 1. The number of aryl methyl sites for hydroxylation is 2. The molecule has 1 aliphatic rings. The average molecular weight is 439 g/mol. The Bertz CT molecular complexity index is 1140. The van der Waals surface area contributed by atoms with E-state index in [1.54, 1.807) is 19.3 Å². The maximum atomic E-state index is 11.6. The molecule has 0 bridgehead atoms. The molecule has 1 N–H and O–H groups in total. The molecule has 0 aliphatic carbocycles. The Morgan fingerprint density at radius 2 is 2.03 bits per heavy atom. The number of amides is 1. The summed E-state index contributed by atoms with van der Waals surface area (Å²) in [4.78, 5) is 31.6. The third kappa shape index (κ3) is 4.59.